The third-order valence-corrected chi connectivity index (χ3v) is 4.17. The van der Waals surface area contributed by atoms with Gasteiger partial charge in [0, 0.05) is 50.3 Å². The summed E-state index contributed by atoms with van der Waals surface area (Å²) in [7, 11) is 1.74. The van der Waals surface area contributed by atoms with Crippen molar-refractivity contribution in [1.29, 1.82) is 0 Å². The molecule has 2 amide bonds. The SMILES string of the molecule is CN(C(=O)c1ccncc1)c1ccc(CNC(=O)C2CNC2)cc1.Cl. The van der Waals surface area contributed by atoms with E-state index < -0.39 is 0 Å². The number of nitrogens with zero attached hydrogens (tertiary/aromatic N) is 2. The van der Waals surface area contributed by atoms with Crippen LogP contribution in [0.1, 0.15) is 15.9 Å². The molecule has 6 nitrogen and oxygen atoms in total. The first-order valence-electron chi connectivity index (χ1n) is 7.90. The van der Waals surface area contributed by atoms with Crippen LogP contribution in [0.3, 0.4) is 0 Å². The molecule has 1 aliphatic rings. The number of rotatable bonds is 5. The van der Waals surface area contributed by atoms with Gasteiger partial charge in [0.05, 0.1) is 5.92 Å². The molecule has 25 heavy (non-hydrogen) atoms. The molecule has 0 atom stereocenters. The smallest absolute Gasteiger partial charge is 0.258 e. The van der Waals surface area contributed by atoms with Crippen LogP contribution >= 0.6 is 12.4 Å². The number of carbonyl (C=O) groups is 2. The lowest BCUT2D eigenvalue weighted by Gasteiger charge is -2.25. The first-order chi connectivity index (χ1) is 11.6. The maximum Gasteiger partial charge on any atom is 0.258 e. The lowest BCUT2D eigenvalue weighted by molar-refractivity contribution is -0.126. The lowest BCUT2D eigenvalue weighted by atomic mass is 10.0. The number of carbonyl (C=O) groups excluding carboxylic acids is 2. The molecule has 1 aliphatic heterocycles. The Hall–Kier alpha value is -2.44. The average molecular weight is 361 g/mol. The molecule has 3 rings (SSSR count). The number of amides is 2. The third-order valence-electron chi connectivity index (χ3n) is 4.17. The van der Waals surface area contributed by atoms with E-state index in [1.54, 1.807) is 36.5 Å². The van der Waals surface area contributed by atoms with E-state index >= 15 is 0 Å². The van der Waals surface area contributed by atoms with Gasteiger partial charge in [-0.1, -0.05) is 12.1 Å². The molecule has 2 heterocycles. The van der Waals surface area contributed by atoms with Crippen LogP contribution in [0.15, 0.2) is 48.8 Å². The molecule has 0 saturated carbocycles. The maximum absolute atomic E-state index is 12.4. The summed E-state index contributed by atoms with van der Waals surface area (Å²) in [6, 6.07) is 11.0. The van der Waals surface area contributed by atoms with Crippen LogP contribution < -0.4 is 15.5 Å². The summed E-state index contributed by atoms with van der Waals surface area (Å²) in [4.78, 5) is 29.7. The molecule has 2 aromatic rings. The molecular formula is C18H21ClN4O2. The number of hydrogen-bond acceptors (Lipinski definition) is 4. The van der Waals surface area contributed by atoms with Crippen LogP contribution in [0.2, 0.25) is 0 Å². The van der Waals surface area contributed by atoms with Gasteiger partial charge in [-0.15, -0.1) is 12.4 Å². The Balaban J connectivity index is 0.00000225. The van der Waals surface area contributed by atoms with Gasteiger partial charge in [0.1, 0.15) is 0 Å². The highest BCUT2D eigenvalue weighted by molar-refractivity contribution is 6.05. The monoisotopic (exact) mass is 360 g/mol. The Morgan fingerprint density at radius 1 is 1.16 bits per heavy atom. The Morgan fingerprint density at radius 2 is 1.80 bits per heavy atom. The van der Waals surface area contributed by atoms with Crippen molar-refractivity contribution in [2.24, 2.45) is 5.92 Å². The fourth-order valence-electron chi connectivity index (χ4n) is 2.45. The van der Waals surface area contributed by atoms with Gasteiger partial charge < -0.3 is 15.5 Å². The largest absolute Gasteiger partial charge is 0.352 e. The van der Waals surface area contributed by atoms with Gasteiger partial charge in [-0.3, -0.25) is 14.6 Å². The average Bonchev–Trinajstić information content (AvgIpc) is 2.58. The lowest BCUT2D eigenvalue weighted by Crippen LogP contribution is -2.50. The minimum absolute atomic E-state index is 0. The van der Waals surface area contributed by atoms with Crippen molar-refractivity contribution >= 4 is 29.9 Å². The van der Waals surface area contributed by atoms with Crippen LogP contribution in [0.25, 0.3) is 0 Å². The second-order valence-electron chi connectivity index (χ2n) is 5.84. The van der Waals surface area contributed by atoms with Crippen LogP contribution in [0.4, 0.5) is 5.69 Å². The van der Waals surface area contributed by atoms with Crippen molar-refractivity contribution in [3.63, 3.8) is 0 Å². The second-order valence-corrected chi connectivity index (χ2v) is 5.84. The molecule has 1 aromatic carbocycles. The van der Waals surface area contributed by atoms with Crippen LogP contribution in [-0.4, -0.2) is 36.9 Å². The Bertz CT molecular complexity index is 718. The predicted molar refractivity (Wildman–Crippen MR) is 98.9 cm³/mol. The fourth-order valence-corrected chi connectivity index (χ4v) is 2.45. The summed E-state index contributed by atoms with van der Waals surface area (Å²) in [5.74, 6) is 0.0899. The normalized spacial score (nSPS) is 13.3. The van der Waals surface area contributed by atoms with Gasteiger partial charge in [-0.2, -0.15) is 0 Å². The van der Waals surface area contributed by atoms with E-state index in [9.17, 15) is 9.59 Å². The molecule has 7 heteroatoms. The zero-order valence-electron chi connectivity index (χ0n) is 13.9. The van der Waals surface area contributed by atoms with E-state index in [2.05, 4.69) is 15.6 Å². The topological polar surface area (TPSA) is 74.3 Å². The van der Waals surface area contributed by atoms with Gasteiger partial charge in [0.2, 0.25) is 5.91 Å². The van der Waals surface area contributed by atoms with Crippen LogP contribution in [0, 0.1) is 5.92 Å². The number of benzene rings is 1. The highest BCUT2D eigenvalue weighted by Crippen LogP contribution is 2.16. The molecule has 0 bridgehead atoms. The predicted octanol–water partition coefficient (Wildman–Crippen LogP) is 1.62. The van der Waals surface area contributed by atoms with E-state index in [-0.39, 0.29) is 30.1 Å². The Morgan fingerprint density at radius 3 is 2.36 bits per heavy atom. The first kappa shape index (κ1) is 18.9. The molecule has 0 aliphatic carbocycles. The van der Waals surface area contributed by atoms with Gasteiger partial charge in [-0.25, -0.2) is 0 Å². The zero-order valence-corrected chi connectivity index (χ0v) is 14.8. The summed E-state index contributed by atoms with van der Waals surface area (Å²) in [6.07, 6.45) is 3.20. The molecular weight excluding hydrogens is 340 g/mol. The van der Waals surface area contributed by atoms with E-state index in [0.717, 1.165) is 24.3 Å². The zero-order chi connectivity index (χ0) is 16.9. The van der Waals surface area contributed by atoms with E-state index in [1.165, 1.54) is 0 Å². The van der Waals surface area contributed by atoms with Crippen molar-refractivity contribution in [2.75, 3.05) is 25.0 Å². The number of nitrogens with one attached hydrogen (secondary N) is 2. The summed E-state index contributed by atoms with van der Waals surface area (Å²) in [5.41, 5.74) is 2.40. The Labute approximate surface area is 153 Å². The molecule has 0 spiro atoms. The van der Waals surface area contributed by atoms with Gasteiger partial charge in [0.25, 0.3) is 5.91 Å². The minimum Gasteiger partial charge on any atom is -0.352 e. The number of pyridine rings is 1. The molecule has 1 aromatic heterocycles. The number of anilines is 1. The van der Waals surface area contributed by atoms with Gasteiger partial charge in [0.15, 0.2) is 0 Å². The molecule has 1 fully saturated rings. The second kappa shape index (κ2) is 8.60. The maximum atomic E-state index is 12.4. The van der Waals surface area contributed by atoms with Crippen molar-refractivity contribution < 1.29 is 9.59 Å². The van der Waals surface area contributed by atoms with Crippen LogP contribution in [0.5, 0.6) is 0 Å². The highest BCUT2D eigenvalue weighted by atomic mass is 35.5. The highest BCUT2D eigenvalue weighted by Gasteiger charge is 2.24. The standard InChI is InChI=1S/C18H20N4O2.ClH/c1-22(18(24)14-6-8-19-9-7-14)16-4-2-13(3-5-16)10-21-17(23)15-11-20-12-15;/h2-9,15,20H,10-12H2,1H3,(H,21,23);1H. The van der Waals surface area contributed by atoms with Gasteiger partial charge in [-0.05, 0) is 29.8 Å². The van der Waals surface area contributed by atoms with Crippen molar-refractivity contribution in [3.8, 4) is 0 Å². The first-order valence-corrected chi connectivity index (χ1v) is 7.90. The van der Waals surface area contributed by atoms with E-state index in [1.807, 2.05) is 24.3 Å². The molecule has 0 radical (unpaired) electrons. The van der Waals surface area contributed by atoms with Crippen LogP contribution in [-0.2, 0) is 11.3 Å². The molecule has 1 saturated heterocycles. The third kappa shape index (κ3) is 4.55. The molecule has 2 N–H and O–H groups in total. The van der Waals surface area contributed by atoms with Crippen molar-refractivity contribution in [2.45, 2.75) is 6.54 Å². The molecule has 0 unspecified atom stereocenters. The number of aromatic nitrogens is 1. The Kier molecular flexibility index (Phi) is 6.50. The van der Waals surface area contributed by atoms with E-state index in [0.29, 0.717) is 12.1 Å². The quantitative estimate of drug-likeness (QED) is 0.849. The summed E-state index contributed by atoms with van der Waals surface area (Å²) >= 11 is 0. The summed E-state index contributed by atoms with van der Waals surface area (Å²) in [6.45, 7) is 2.01. The summed E-state index contributed by atoms with van der Waals surface area (Å²) in [5, 5.41) is 6.01. The number of hydrogen-bond donors (Lipinski definition) is 2. The van der Waals surface area contributed by atoms with E-state index in [4.69, 9.17) is 0 Å². The van der Waals surface area contributed by atoms with Crippen molar-refractivity contribution in [1.82, 2.24) is 15.6 Å². The minimum atomic E-state index is -0.0871. The van der Waals surface area contributed by atoms with Gasteiger partial charge >= 0.3 is 0 Å². The number of halogens is 1. The molecule has 132 valence electrons. The van der Waals surface area contributed by atoms with Crippen molar-refractivity contribution in [3.05, 3.63) is 59.9 Å². The summed E-state index contributed by atoms with van der Waals surface area (Å²) < 4.78 is 0. The fraction of sp³-hybridized carbons (Fsp3) is 0.278.